The van der Waals surface area contributed by atoms with E-state index in [0.29, 0.717) is 5.76 Å². The molecule has 0 aliphatic rings. The van der Waals surface area contributed by atoms with Crippen LogP contribution in [-0.2, 0) is 9.53 Å². The molecule has 1 aromatic rings. The van der Waals surface area contributed by atoms with Crippen molar-refractivity contribution >= 4 is 5.97 Å². The van der Waals surface area contributed by atoms with E-state index in [1.807, 2.05) is 0 Å². The maximum atomic E-state index is 11.8. The number of nitrogens with two attached hydrogens (primary N) is 1. The highest BCUT2D eigenvalue weighted by molar-refractivity contribution is 5.77. The number of furan rings is 1. The molecule has 0 bridgehead atoms. The first-order valence-electron chi connectivity index (χ1n) is 5.49. The number of hydrogen-bond donors (Lipinski definition) is 1. The lowest BCUT2D eigenvalue weighted by atomic mass is 9.97. The van der Waals surface area contributed by atoms with E-state index in [-0.39, 0.29) is 5.92 Å². The van der Waals surface area contributed by atoms with Gasteiger partial charge in [-0.05, 0) is 32.9 Å². The molecule has 0 spiro atoms. The van der Waals surface area contributed by atoms with Gasteiger partial charge in [0.05, 0.1) is 12.2 Å². The Bertz CT molecular complexity index is 376. The maximum absolute atomic E-state index is 11.8. The average molecular weight is 237 g/mol. The molecule has 1 aromatic heterocycles. The quantitative estimate of drug-likeness (QED) is 0.644. The summed E-state index contributed by atoms with van der Waals surface area (Å²) in [5, 5.41) is 0. The van der Waals surface area contributed by atoms with Gasteiger partial charge in [-0.3, -0.25) is 4.79 Å². The molecule has 0 aromatic carbocycles. The Kier molecular flexibility index (Phi) is 4.12. The Morgan fingerprint density at radius 1 is 1.59 bits per heavy atom. The Morgan fingerprint density at radius 3 is 2.65 bits per heavy atom. The van der Waals surface area contributed by atoms with Crippen LogP contribution < -0.4 is 5.73 Å². The van der Waals surface area contributed by atoms with Crippen LogP contribution >= 0.6 is 0 Å². The first-order valence-corrected chi connectivity index (χ1v) is 5.49. The van der Waals surface area contributed by atoms with Gasteiger partial charge in [0.25, 0.3) is 0 Å². The van der Waals surface area contributed by atoms with E-state index >= 15 is 0 Å². The van der Waals surface area contributed by atoms with Crippen molar-refractivity contribution in [2.24, 2.45) is 5.73 Å². The Balaban J connectivity index is 2.77. The van der Waals surface area contributed by atoms with Gasteiger partial charge >= 0.3 is 5.97 Å². The highest BCUT2D eigenvalue weighted by Gasteiger charge is 2.29. The molecule has 0 aliphatic heterocycles. The number of hydrogen-bond acceptors (Lipinski definition) is 4. The fourth-order valence-electron chi connectivity index (χ4n) is 1.44. The molecule has 0 saturated carbocycles. The van der Waals surface area contributed by atoms with Gasteiger partial charge in [0.15, 0.2) is 0 Å². The Labute approximate surface area is 101 Å². The predicted octanol–water partition coefficient (Wildman–Crippen LogP) is 2.22. The third-order valence-corrected chi connectivity index (χ3v) is 2.19. The fraction of sp³-hybridized carbons (Fsp3) is 0.462. The second kappa shape index (κ2) is 5.19. The zero-order valence-electron chi connectivity index (χ0n) is 10.5. The molecular weight excluding hydrogens is 218 g/mol. The topological polar surface area (TPSA) is 65.5 Å². The van der Waals surface area contributed by atoms with E-state index in [4.69, 9.17) is 14.9 Å². The summed E-state index contributed by atoms with van der Waals surface area (Å²) in [6, 6.07) is 2.70. The first kappa shape index (κ1) is 13.5. The summed E-state index contributed by atoms with van der Waals surface area (Å²) in [4.78, 5) is 11.8. The molecule has 17 heavy (non-hydrogen) atoms. The van der Waals surface area contributed by atoms with E-state index in [1.165, 1.54) is 6.26 Å². The van der Waals surface area contributed by atoms with Gasteiger partial charge < -0.3 is 14.9 Å². The maximum Gasteiger partial charge on any atom is 0.324 e. The summed E-state index contributed by atoms with van der Waals surface area (Å²) in [6.07, 6.45) is 3.13. The average Bonchev–Trinajstić information content (AvgIpc) is 2.69. The van der Waals surface area contributed by atoms with Crippen molar-refractivity contribution < 1.29 is 13.9 Å². The van der Waals surface area contributed by atoms with Crippen molar-refractivity contribution in [1.82, 2.24) is 0 Å². The van der Waals surface area contributed by atoms with Crippen LogP contribution in [0.5, 0.6) is 0 Å². The van der Waals surface area contributed by atoms with E-state index in [9.17, 15) is 4.79 Å². The molecule has 0 aliphatic carbocycles. The second-order valence-electron chi connectivity index (χ2n) is 4.84. The van der Waals surface area contributed by atoms with Gasteiger partial charge in [0.2, 0.25) is 0 Å². The lowest BCUT2D eigenvalue weighted by Gasteiger charge is -2.24. The van der Waals surface area contributed by atoms with Crippen LogP contribution in [-0.4, -0.2) is 17.6 Å². The standard InChI is InChI=1S/C13H19NO3/c1-5-9(10-7-6-8-16-10)11(14)12(15)17-13(2,3)4/h5-9,11H,1,14H2,2-4H3/t9-,11+/m1/s1. The summed E-state index contributed by atoms with van der Waals surface area (Å²) < 4.78 is 10.5. The molecule has 0 saturated heterocycles. The number of rotatable bonds is 4. The molecule has 2 N–H and O–H groups in total. The van der Waals surface area contributed by atoms with Crippen molar-refractivity contribution in [3.8, 4) is 0 Å². The minimum atomic E-state index is -0.808. The van der Waals surface area contributed by atoms with Crippen molar-refractivity contribution in [3.63, 3.8) is 0 Å². The smallest absolute Gasteiger partial charge is 0.324 e. The van der Waals surface area contributed by atoms with Gasteiger partial charge in [-0.1, -0.05) is 6.08 Å². The predicted molar refractivity (Wildman–Crippen MR) is 65.5 cm³/mol. The molecule has 1 rings (SSSR count). The van der Waals surface area contributed by atoms with Crippen molar-refractivity contribution in [2.75, 3.05) is 0 Å². The summed E-state index contributed by atoms with van der Waals surface area (Å²) in [6.45, 7) is 9.07. The SMILES string of the molecule is C=C[C@H](c1ccco1)[C@H](N)C(=O)OC(C)(C)C. The molecule has 0 amide bonds. The first-order chi connectivity index (χ1) is 7.85. The van der Waals surface area contributed by atoms with Gasteiger partial charge in [-0.15, -0.1) is 6.58 Å². The molecule has 0 unspecified atom stereocenters. The normalized spacial score (nSPS) is 15.1. The lowest BCUT2D eigenvalue weighted by Crippen LogP contribution is -2.40. The molecule has 4 heteroatoms. The molecule has 2 atom stereocenters. The van der Waals surface area contributed by atoms with E-state index in [0.717, 1.165) is 0 Å². The third kappa shape index (κ3) is 3.75. The molecule has 94 valence electrons. The number of esters is 1. The van der Waals surface area contributed by atoms with E-state index in [2.05, 4.69) is 6.58 Å². The lowest BCUT2D eigenvalue weighted by molar-refractivity contribution is -0.156. The third-order valence-electron chi connectivity index (χ3n) is 2.19. The molecule has 0 radical (unpaired) electrons. The molecular formula is C13H19NO3. The zero-order valence-corrected chi connectivity index (χ0v) is 10.5. The van der Waals surface area contributed by atoms with Crippen molar-refractivity contribution in [1.29, 1.82) is 0 Å². The van der Waals surface area contributed by atoms with Gasteiger partial charge in [-0.25, -0.2) is 0 Å². The van der Waals surface area contributed by atoms with E-state index < -0.39 is 17.6 Å². The molecule has 0 fully saturated rings. The Hall–Kier alpha value is -1.55. The van der Waals surface area contributed by atoms with E-state index in [1.54, 1.807) is 39.0 Å². The zero-order chi connectivity index (χ0) is 13.1. The highest BCUT2D eigenvalue weighted by atomic mass is 16.6. The number of carbonyl (C=O) groups is 1. The minimum Gasteiger partial charge on any atom is -0.469 e. The highest BCUT2D eigenvalue weighted by Crippen LogP contribution is 2.22. The Morgan fingerprint density at radius 2 is 2.24 bits per heavy atom. The van der Waals surface area contributed by atoms with Crippen molar-refractivity contribution in [2.45, 2.75) is 38.3 Å². The summed E-state index contributed by atoms with van der Waals surface area (Å²) in [5.41, 5.74) is 5.31. The van der Waals surface area contributed by atoms with Crippen LogP contribution in [0.25, 0.3) is 0 Å². The largest absolute Gasteiger partial charge is 0.469 e. The fourth-order valence-corrected chi connectivity index (χ4v) is 1.44. The summed E-state index contributed by atoms with van der Waals surface area (Å²) in [5.74, 6) is -0.225. The van der Waals surface area contributed by atoms with Gasteiger partial charge in [0, 0.05) is 0 Å². The monoisotopic (exact) mass is 237 g/mol. The molecule has 1 heterocycles. The van der Waals surface area contributed by atoms with Gasteiger partial charge in [0.1, 0.15) is 17.4 Å². The summed E-state index contributed by atoms with van der Waals surface area (Å²) >= 11 is 0. The number of ether oxygens (including phenoxy) is 1. The van der Waals surface area contributed by atoms with Crippen LogP contribution in [0.1, 0.15) is 32.4 Å². The van der Waals surface area contributed by atoms with Gasteiger partial charge in [-0.2, -0.15) is 0 Å². The van der Waals surface area contributed by atoms with Crippen molar-refractivity contribution in [3.05, 3.63) is 36.8 Å². The minimum absolute atomic E-state index is 0.375. The van der Waals surface area contributed by atoms with Crippen LogP contribution in [0.3, 0.4) is 0 Å². The molecule has 4 nitrogen and oxygen atoms in total. The number of carbonyl (C=O) groups excluding carboxylic acids is 1. The van der Waals surface area contributed by atoms with Crippen LogP contribution in [0, 0.1) is 0 Å². The van der Waals surface area contributed by atoms with Crippen LogP contribution in [0.15, 0.2) is 35.5 Å². The van der Waals surface area contributed by atoms with Crippen LogP contribution in [0.2, 0.25) is 0 Å². The summed E-state index contributed by atoms with van der Waals surface area (Å²) in [7, 11) is 0. The second-order valence-corrected chi connectivity index (χ2v) is 4.84. The van der Waals surface area contributed by atoms with Crippen LogP contribution in [0.4, 0.5) is 0 Å².